The molecule has 106 valence electrons. The number of rotatable bonds is 5. The van der Waals surface area contributed by atoms with Gasteiger partial charge in [-0.25, -0.2) is 4.79 Å². The average molecular weight is 331 g/mol. The predicted octanol–water partition coefficient (Wildman–Crippen LogP) is 2.25. The molecule has 0 saturated heterocycles. The van der Waals surface area contributed by atoms with E-state index < -0.39 is 11.5 Å². The molecule has 0 aromatic carbocycles. The Bertz CT molecular complexity index is 484. The van der Waals surface area contributed by atoms with E-state index >= 15 is 0 Å². The Labute approximate surface area is 121 Å². The highest BCUT2D eigenvalue weighted by Gasteiger charge is 2.35. The van der Waals surface area contributed by atoms with Crippen LogP contribution in [0.1, 0.15) is 37.2 Å². The first-order valence-electron chi connectivity index (χ1n) is 6.07. The van der Waals surface area contributed by atoms with Gasteiger partial charge in [-0.1, -0.05) is 13.3 Å². The molecular weight excluding hydrogens is 312 g/mol. The maximum Gasteiger partial charge on any atom is 0.331 e. The van der Waals surface area contributed by atoms with Crippen LogP contribution < -0.4 is 5.32 Å². The number of carbonyl (C=O) groups is 2. The van der Waals surface area contributed by atoms with Crippen molar-refractivity contribution in [3.8, 4) is 0 Å². The number of nitrogens with zero attached hydrogens (tertiary/aromatic N) is 1. The van der Waals surface area contributed by atoms with Gasteiger partial charge in [0.15, 0.2) is 0 Å². The minimum absolute atomic E-state index is 0.297. The van der Waals surface area contributed by atoms with Crippen LogP contribution in [0.5, 0.6) is 0 Å². The first kappa shape index (κ1) is 15.8. The van der Waals surface area contributed by atoms with Crippen LogP contribution in [0.2, 0.25) is 0 Å². The second kappa shape index (κ2) is 6.23. The monoisotopic (exact) mass is 330 g/mol. The number of halogens is 1. The molecule has 0 aliphatic heterocycles. The van der Waals surface area contributed by atoms with E-state index in [1.165, 1.54) is 7.11 Å². The predicted molar refractivity (Wildman–Crippen MR) is 75.9 cm³/mol. The lowest BCUT2D eigenvalue weighted by Gasteiger charge is -2.27. The summed E-state index contributed by atoms with van der Waals surface area (Å²) >= 11 is 3.31. The zero-order valence-electron chi connectivity index (χ0n) is 11.6. The van der Waals surface area contributed by atoms with Crippen molar-refractivity contribution in [3.05, 3.63) is 22.4 Å². The number of methoxy groups -OCH3 is 1. The summed E-state index contributed by atoms with van der Waals surface area (Å²) in [4.78, 5) is 24.1. The fourth-order valence-electron chi connectivity index (χ4n) is 2.01. The van der Waals surface area contributed by atoms with Gasteiger partial charge in [-0.2, -0.15) is 0 Å². The number of aryl methyl sites for hydroxylation is 1. The highest BCUT2D eigenvalue weighted by atomic mass is 79.9. The number of nitrogens with one attached hydrogen (secondary N) is 1. The molecule has 0 aliphatic rings. The van der Waals surface area contributed by atoms with E-state index in [0.29, 0.717) is 12.1 Å². The third kappa shape index (κ3) is 3.59. The fraction of sp³-hybridized carbons (Fsp3) is 0.538. The molecule has 1 aromatic rings. The van der Waals surface area contributed by atoms with Gasteiger partial charge in [0, 0.05) is 17.7 Å². The van der Waals surface area contributed by atoms with E-state index in [4.69, 9.17) is 4.74 Å². The molecule has 0 aliphatic carbocycles. The standard InChI is InChI=1S/C13H19BrN2O3/c1-5-6-13(2,12(18)19-4)15-11(17)10-7-9(14)8-16(10)3/h7-8H,5-6H2,1-4H3,(H,15,17). The number of aromatic nitrogens is 1. The van der Waals surface area contributed by atoms with Crippen molar-refractivity contribution in [1.82, 2.24) is 9.88 Å². The summed E-state index contributed by atoms with van der Waals surface area (Å²) in [5.41, 5.74) is -0.518. The number of hydrogen-bond acceptors (Lipinski definition) is 3. The van der Waals surface area contributed by atoms with Crippen molar-refractivity contribution >= 4 is 27.8 Å². The minimum atomic E-state index is -1.00. The lowest BCUT2D eigenvalue weighted by Crippen LogP contribution is -2.53. The molecule has 0 bridgehead atoms. The zero-order chi connectivity index (χ0) is 14.6. The number of carbonyl (C=O) groups excluding carboxylic acids is 2. The van der Waals surface area contributed by atoms with Gasteiger partial charge in [0.1, 0.15) is 11.2 Å². The summed E-state index contributed by atoms with van der Waals surface area (Å²) in [5.74, 6) is -0.731. The second-order valence-corrected chi connectivity index (χ2v) is 5.60. The fourth-order valence-corrected chi connectivity index (χ4v) is 2.53. The molecule has 6 heteroatoms. The molecule has 1 atom stereocenters. The highest BCUT2D eigenvalue weighted by Crippen LogP contribution is 2.18. The molecular formula is C13H19BrN2O3. The van der Waals surface area contributed by atoms with Gasteiger partial charge in [0.05, 0.1) is 7.11 Å². The molecule has 0 saturated carbocycles. The van der Waals surface area contributed by atoms with Crippen LogP contribution in [0, 0.1) is 0 Å². The van der Waals surface area contributed by atoms with Crippen molar-refractivity contribution in [2.75, 3.05) is 7.11 Å². The second-order valence-electron chi connectivity index (χ2n) is 4.68. The molecule has 5 nitrogen and oxygen atoms in total. The highest BCUT2D eigenvalue weighted by molar-refractivity contribution is 9.10. The Kier molecular flexibility index (Phi) is 5.17. The summed E-state index contributed by atoms with van der Waals surface area (Å²) in [6, 6.07) is 1.71. The summed E-state index contributed by atoms with van der Waals surface area (Å²) in [6.45, 7) is 3.63. The Morgan fingerprint density at radius 3 is 2.58 bits per heavy atom. The SMILES string of the molecule is CCCC(C)(NC(=O)c1cc(Br)cn1C)C(=O)OC. The lowest BCUT2D eigenvalue weighted by molar-refractivity contribution is -0.147. The first-order valence-corrected chi connectivity index (χ1v) is 6.86. The Morgan fingerprint density at radius 2 is 2.16 bits per heavy atom. The third-order valence-corrected chi connectivity index (χ3v) is 3.41. The number of amides is 1. The van der Waals surface area contributed by atoms with Crippen LogP contribution in [0.4, 0.5) is 0 Å². The van der Waals surface area contributed by atoms with Gasteiger partial charge in [-0.3, -0.25) is 4.79 Å². The average Bonchev–Trinajstić information content (AvgIpc) is 2.67. The molecule has 1 aromatic heterocycles. The maximum absolute atomic E-state index is 12.2. The third-order valence-electron chi connectivity index (χ3n) is 2.98. The van der Waals surface area contributed by atoms with Crippen LogP contribution in [-0.2, 0) is 16.6 Å². The quantitative estimate of drug-likeness (QED) is 0.842. The van der Waals surface area contributed by atoms with Crippen LogP contribution in [0.25, 0.3) is 0 Å². The number of esters is 1. The van der Waals surface area contributed by atoms with E-state index in [-0.39, 0.29) is 5.91 Å². The van der Waals surface area contributed by atoms with Gasteiger partial charge in [0.2, 0.25) is 0 Å². The molecule has 1 unspecified atom stereocenters. The Morgan fingerprint density at radius 1 is 1.53 bits per heavy atom. The van der Waals surface area contributed by atoms with Crippen molar-refractivity contribution in [3.63, 3.8) is 0 Å². The molecule has 1 heterocycles. The van der Waals surface area contributed by atoms with E-state index in [1.54, 1.807) is 30.8 Å². The largest absolute Gasteiger partial charge is 0.467 e. The van der Waals surface area contributed by atoms with E-state index in [0.717, 1.165) is 10.9 Å². The Balaban J connectivity index is 2.94. The van der Waals surface area contributed by atoms with Gasteiger partial charge >= 0.3 is 5.97 Å². The molecule has 1 amide bonds. The van der Waals surface area contributed by atoms with Crippen LogP contribution in [0.3, 0.4) is 0 Å². The van der Waals surface area contributed by atoms with E-state index in [9.17, 15) is 9.59 Å². The smallest absolute Gasteiger partial charge is 0.331 e. The summed E-state index contributed by atoms with van der Waals surface area (Å²) < 4.78 is 7.28. The molecule has 1 rings (SSSR count). The number of ether oxygens (including phenoxy) is 1. The summed E-state index contributed by atoms with van der Waals surface area (Å²) in [5, 5.41) is 2.76. The van der Waals surface area contributed by atoms with Gasteiger partial charge in [0.25, 0.3) is 5.91 Å². The van der Waals surface area contributed by atoms with Gasteiger partial charge in [-0.05, 0) is 35.3 Å². The van der Waals surface area contributed by atoms with Crippen molar-refractivity contribution in [2.45, 2.75) is 32.2 Å². The van der Waals surface area contributed by atoms with Gasteiger partial charge < -0.3 is 14.6 Å². The maximum atomic E-state index is 12.2. The Hall–Kier alpha value is -1.30. The van der Waals surface area contributed by atoms with Crippen molar-refractivity contribution in [1.29, 1.82) is 0 Å². The minimum Gasteiger partial charge on any atom is -0.467 e. The van der Waals surface area contributed by atoms with E-state index in [2.05, 4.69) is 21.2 Å². The molecule has 0 spiro atoms. The normalized spacial score (nSPS) is 13.7. The molecule has 0 fully saturated rings. The first-order chi connectivity index (χ1) is 8.84. The van der Waals surface area contributed by atoms with E-state index in [1.807, 2.05) is 6.92 Å². The van der Waals surface area contributed by atoms with Crippen molar-refractivity contribution < 1.29 is 14.3 Å². The lowest BCUT2D eigenvalue weighted by atomic mass is 9.96. The van der Waals surface area contributed by atoms with Crippen LogP contribution >= 0.6 is 15.9 Å². The summed E-state index contributed by atoms with van der Waals surface area (Å²) in [6.07, 6.45) is 3.07. The van der Waals surface area contributed by atoms with Crippen LogP contribution in [-0.4, -0.2) is 29.1 Å². The van der Waals surface area contributed by atoms with Crippen LogP contribution in [0.15, 0.2) is 16.7 Å². The molecule has 0 radical (unpaired) electrons. The summed E-state index contributed by atoms with van der Waals surface area (Å²) in [7, 11) is 3.09. The van der Waals surface area contributed by atoms with Gasteiger partial charge in [-0.15, -0.1) is 0 Å². The topological polar surface area (TPSA) is 60.3 Å². The number of hydrogen-bond donors (Lipinski definition) is 1. The molecule has 19 heavy (non-hydrogen) atoms. The zero-order valence-corrected chi connectivity index (χ0v) is 13.2. The van der Waals surface area contributed by atoms with Crippen molar-refractivity contribution in [2.24, 2.45) is 7.05 Å². The molecule has 1 N–H and O–H groups in total.